The number of pyridine rings is 1. The van der Waals surface area contributed by atoms with E-state index in [1.165, 1.54) is 19.4 Å². The average Bonchev–Trinajstić information content (AvgIpc) is 2.20. The van der Waals surface area contributed by atoms with E-state index in [9.17, 15) is 4.79 Å². The van der Waals surface area contributed by atoms with Crippen LogP contribution in [-0.4, -0.2) is 24.7 Å². The minimum Gasteiger partial charge on any atom is -0.490 e. The van der Waals surface area contributed by atoms with Gasteiger partial charge in [-0.15, -0.1) is 0 Å². The Bertz CT molecular complexity index is 341. The molecule has 1 rings (SSSR count). The molecule has 0 saturated carbocycles. The summed E-state index contributed by atoms with van der Waals surface area (Å²) in [5.74, 6) is -0.221. The number of esters is 1. The maximum Gasteiger partial charge on any atom is 0.341 e. The number of ether oxygens (including phenoxy) is 2. The van der Waals surface area contributed by atoms with E-state index in [1.807, 2.05) is 0 Å². The Labute approximate surface area is 86.8 Å². The quantitative estimate of drug-likeness (QED) is 0.571. The second kappa shape index (κ2) is 4.81. The summed E-state index contributed by atoms with van der Waals surface area (Å²) < 4.78 is 9.77. The molecule has 1 aromatic rings. The Balaban J connectivity index is 3.13. The number of aromatic nitrogens is 1. The smallest absolute Gasteiger partial charge is 0.341 e. The summed E-state index contributed by atoms with van der Waals surface area (Å²) >= 11 is 5.77. The van der Waals surface area contributed by atoms with Gasteiger partial charge in [0.1, 0.15) is 5.56 Å². The highest BCUT2D eigenvalue weighted by Gasteiger charge is 2.16. The minimum atomic E-state index is -0.488. The maximum atomic E-state index is 11.3. The number of hydrogen-bond acceptors (Lipinski definition) is 4. The van der Waals surface area contributed by atoms with Crippen molar-refractivity contribution in [2.45, 2.75) is 6.92 Å². The van der Waals surface area contributed by atoms with Crippen LogP contribution >= 0.6 is 11.6 Å². The Morgan fingerprint density at radius 1 is 1.64 bits per heavy atom. The summed E-state index contributed by atoms with van der Waals surface area (Å²) in [5, 5.41) is 0.162. The van der Waals surface area contributed by atoms with Gasteiger partial charge in [0.25, 0.3) is 0 Å². The summed E-state index contributed by atoms with van der Waals surface area (Å²) in [6, 6.07) is 1.50. The third kappa shape index (κ3) is 2.14. The molecular weight excluding hydrogens is 206 g/mol. The van der Waals surface area contributed by atoms with E-state index < -0.39 is 5.97 Å². The van der Waals surface area contributed by atoms with E-state index in [2.05, 4.69) is 9.72 Å². The Kier molecular flexibility index (Phi) is 3.71. The number of nitrogens with zero attached hydrogens (tertiary/aromatic N) is 1. The van der Waals surface area contributed by atoms with Crippen molar-refractivity contribution >= 4 is 17.6 Å². The SMILES string of the molecule is CCOc1c(C(=O)OC)ccnc1Cl. The lowest BCUT2D eigenvalue weighted by molar-refractivity contribution is 0.0596. The van der Waals surface area contributed by atoms with Crippen molar-refractivity contribution in [3.63, 3.8) is 0 Å². The van der Waals surface area contributed by atoms with Gasteiger partial charge in [-0.1, -0.05) is 11.6 Å². The van der Waals surface area contributed by atoms with E-state index >= 15 is 0 Å². The molecule has 76 valence electrons. The van der Waals surface area contributed by atoms with Crippen LogP contribution in [0.2, 0.25) is 5.15 Å². The monoisotopic (exact) mass is 215 g/mol. The first kappa shape index (κ1) is 10.8. The van der Waals surface area contributed by atoms with Gasteiger partial charge in [-0.25, -0.2) is 9.78 Å². The largest absolute Gasteiger partial charge is 0.490 e. The number of methoxy groups -OCH3 is 1. The van der Waals surface area contributed by atoms with Crippen LogP contribution in [0.3, 0.4) is 0 Å². The number of hydrogen-bond donors (Lipinski definition) is 0. The molecule has 0 fully saturated rings. The topological polar surface area (TPSA) is 48.4 Å². The lowest BCUT2D eigenvalue weighted by atomic mass is 10.2. The van der Waals surface area contributed by atoms with Gasteiger partial charge in [0.15, 0.2) is 10.9 Å². The zero-order chi connectivity index (χ0) is 10.6. The standard InChI is InChI=1S/C9H10ClNO3/c1-3-14-7-6(9(12)13-2)4-5-11-8(7)10/h4-5H,3H2,1-2H3. The zero-order valence-corrected chi connectivity index (χ0v) is 8.67. The van der Waals surface area contributed by atoms with Crippen molar-refractivity contribution in [1.29, 1.82) is 0 Å². The van der Waals surface area contributed by atoms with Crippen molar-refractivity contribution < 1.29 is 14.3 Å². The summed E-state index contributed by atoms with van der Waals surface area (Å²) in [6.07, 6.45) is 1.43. The van der Waals surface area contributed by atoms with Gasteiger partial charge in [-0.3, -0.25) is 0 Å². The van der Waals surface area contributed by atoms with Crippen LogP contribution in [0.4, 0.5) is 0 Å². The highest BCUT2D eigenvalue weighted by atomic mass is 35.5. The Morgan fingerprint density at radius 2 is 2.36 bits per heavy atom. The zero-order valence-electron chi connectivity index (χ0n) is 7.91. The molecule has 0 radical (unpaired) electrons. The molecule has 0 spiro atoms. The second-order valence-electron chi connectivity index (χ2n) is 2.40. The predicted octanol–water partition coefficient (Wildman–Crippen LogP) is 1.92. The molecule has 0 aliphatic heterocycles. The predicted molar refractivity (Wildman–Crippen MR) is 51.8 cm³/mol. The minimum absolute atomic E-state index is 0.162. The molecular formula is C9H10ClNO3. The van der Waals surface area contributed by atoms with Crippen LogP contribution in [0.5, 0.6) is 5.75 Å². The molecule has 0 unspecified atom stereocenters. The Hall–Kier alpha value is -1.29. The lowest BCUT2D eigenvalue weighted by Gasteiger charge is -2.08. The molecule has 0 aliphatic rings. The number of carbonyl (C=O) groups is 1. The molecule has 5 heteroatoms. The molecule has 1 aromatic heterocycles. The number of carbonyl (C=O) groups excluding carboxylic acids is 1. The van der Waals surface area contributed by atoms with Gasteiger partial charge in [-0.05, 0) is 13.0 Å². The fourth-order valence-electron chi connectivity index (χ4n) is 0.975. The van der Waals surface area contributed by atoms with Crippen LogP contribution in [0.25, 0.3) is 0 Å². The third-order valence-corrected chi connectivity index (χ3v) is 1.82. The summed E-state index contributed by atoms with van der Waals surface area (Å²) in [5.41, 5.74) is 0.286. The van der Waals surface area contributed by atoms with Gasteiger partial charge >= 0.3 is 5.97 Å². The molecule has 0 amide bonds. The summed E-state index contributed by atoms with van der Waals surface area (Å²) in [6.45, 7) is 2.21. The van der Waals surface area contributed by atoms with Gasteiger partial charge in [-0.2, -0.15) is 0 Å². The first-order valence-electron chi connectivity index (χ1n) is 4.06. The highest BCUT2D eigenvalue weighted by molar-refractivity contribution is 6.31. The first-order chi connectivity index (χ1) is 6.70. The first-order valence-corrected chi connectivity index (χ1v) is 4.44. The molecule has 0 aliphatic carbocycles. The fourth-order valence-corrected chi connectivity index (χ4v) is 1.19. The van der Waals surface area contributed by atoms with Crippen LogP contribution in [0.15, 0.2) is 12.3 Å². The van der Waals surface area contributed by atoms with E-state index in [4.69, 9.17) is 16.3 Å². The van der Waals surface area contributed by atoms with Gasteiger partial charge < -0.3 is 9.47 Å². The molecule has 0 aromatic carbocycles. The molecule has 4 nitrogen and oxygen atoms in total. The third-order valence-electron chi connectivity index (χ3n) is 1.56. The maximum absolute atomic E-state index is 11.3. The van der Waals surface area contributed by atoms with Crippen LogP contribution < -0.4 is 4.74 Å². The van der Waals surface area contributed by atoms with Gasteiger partial charge in [0.2, 0.25) is 0 Å². The van der Waals surface area contributed by atoms with Gasteiger partial charge in [0, 0.05) is 6.20 Å². The number of rotatable bonds is 3. The molecule has 0 saturated heterocycles. The summed E-state index contributed by atoms with van der Waals surface area (Å²) in [7, 11) is 1.30. The molecule has 0 bridgehead atoms. The Morgan fingerprint density at radius 3 is 2.93 bits per heavy atom. The van der Waals surface area contributed by atoms with E-state index in [1.54, 1.807) is 6.92 Å². The van der Waals surface area contributed by atoms with E-state index in [-0.39, 0.29) is 16.5 Å². The van der Waals surface area contributed by atoms with E-state index in [0.29, 0.717) is 6.61 Å². The van der Waals surface area contributed by atoms with Crippen molar-refractivity contribution in [3.05, 3.63) is 23.0 Å². The van der Waals surface area contributed by atoms with Gasteiger partial charge in [0.05, 0.1) is 13.7 Å². The van der Waals surface area contributed by atoms with E-state index in [0.717, 1.165) is 0 Å². The molecule has 0 atom stereocenters. The molecule has 14 heavy (non-hydrogen) atoms. The van der Waals surface area contributed by atoms with Crippen molar-refractivity contribution in [2.24, 2.45) is 0 Å². The van der Waals surface area contributed by atoms with Crippen molar-refractivity contribution in [3.8, 4) is 5.75 Å². The lowest BCUT2D eigenvalue weighted by Crippen LogP contribution is -2.06. The number of halogens is 1. The van der Waals surface area contributed by atoms with Crippen molar-refractivity contribution in [1.82, 2.24) is 4.98 Å². The second-order valence-corrected chi connectivity index (χ2v) is 2.76. The van der Waals surface area contributed by atoms with Crippen LogP contribution in [0.1, 0.15) is 17.3 Å². The molecule has 0 N–H and O–H groups in total. The highest BCUT2D eigenvalue weighted by Crippen LogP contribution is 2.26. The average molecular weight is 216 g/mol. The van der Waals surface area contributed by atoms with Crippen LogP contribution in [0, 0.1) is 0 Å². The normalized spacial score (nSPS) is 9.64. The fraction of sp³-hybridized carbons (Fsp3) is 0.333. The molecule has 1 heterocycles. The van der Waals surface area contributed by atoms with Crippen LogP contribution in [-0.2, 0) is 4.74 Å². The van der Waals surface area contributed by atoms with Crippen molar-refractivity contribution in [2.75, 3.05) is 13.7 Å². The summed E-state index contributed by atoms with van der Waals surface area (Å²) in [4.78, 5) is 15.1.